The standard InChI is InChI=1S/C9H20N4O2/c1-9(2,3)13(11)6-8(15)12(4)5-7(10)14/h5-6,11H2,1-4H3,(H2,10,14). The van der Waals surface area contributed by atoms with E-state index < -0.39 is 5.91 Å². The van der Waals surface area contributed by atoms with Crippen molar-refractivity contribution < 1.29 is 9.59 Å². The zero-order valence-electron chi connectivity index (χ0n) is 9.78. The van der Waals surface area contributed by atoms with Crippen LogP contribution in [0.4, 0.5) is 0 Å². The van der Waals surface area contributed by atoms with Gasteiger partial charge < -0.3 is 10.6 Å². The third-order valence-electron chi connectivity index (χ3n) is 1.99. The van der Waals surface area contributed by atoms with Gasteiger partial charge in [0.15, 0.2) is 0 Å². The van der Waals surface area contributed by atoms with E-state index in [-0.39, 0.29) is 24.5 Å². The third kappa shape index (κ3) is 5.34. The number of hydrogen-bond donors (Lipinski definition) is 2. The molecule has 0 spiro atoms. The maximum Gasteiger partial charge on any atom is 0.238 e. The highest BCUT2D eigenvalue weighted by Gasteiger charge is 2.22. The van der Waals surface area contributed by atoms with Crippen molar-refractivity contribution in [1.29, 1.82) is 0 Å². The molecule has 0 saturated heterocycles. The largest absolute Gasteiger partial charge is 0.368 e. The Labute approximate surface area is 90.2 Å². The first-order chi connectivity index (χ1) is 6.64. The molecule has 4 N–H and O–H groups in total. The molecule has 15 heavy (non-hydrogen) atoms. The molecular weight excluding hydrogens is 196 g/mol. The molecule has 0 aromatic carbocycles. The Bertz CT molecular complexity index is 247. The van der Waals surface area contributed by atoms with E-state index in [4.69, 9.17) is 11.6 Å². The van der Waals surface area contributed by atoms with Crippen LogP contribution in [-0.4, -0.2) is 47.4 Å². The average molecular weight is 216 g/mol. The summed E-state index contributed by atoms with van der Waals surface area (Å²) in [4.78, 5) is 23.4. The summed E-state index contributed by atoms with van der Waals surface area (Å²) in [5, 5.41) is 1.42. The van der Waals surface area contributed by atoms with Gasteiger partial charge in [0.05, 0.1) is 13.1 Å². The molecule has 0 aliphatic heterocycles. The lowest BCUT2D eigenvalue weighted by Crippen LogP contribution is -2.52. The molecule has 6 nitrogen and oxygen atoms in total. The summed E-state index contributed by atoms with van der Waals surface area (Å²) in [6.45, 7) is 5.67. The molecule has 0 saturated carbocycles. The Morgan fingerprint density at radius 3 is 2.00 bits per heavy atom. The Kier molecular flexibility index (Phi) is 4.70. The van der Waals surface area contributed by atoms with Crippen LogP contribution in [-0.2, 0) is 9.59 Å². The first kappa shape index (κ1) is 13.9. The third-order valence-corrected chi connectivity index (χ3v) is 1.99. The minimum atomic E-state index is -0.537. The average Bonchev–Trinajstić information content (AvgIpc) is 2.00. The van der Waals surface area contributed by atoms with Crippen LogP contribution < -0.4 is 11.6 Å². The van der Waals surface area contributed by atoms with Gasteiger partial charge in [0.2, 0.25) is 11.8 Å². The number of carbonyl (C=O) groups is 2. The SMILES string of the molecule is CN(CC(N)=O)C(=O)CN(N)C(C)(C)C. The monoisotopic (exact) mass is 216 g/mol. The molecule has 0 atom stereocenters. The van der Waals surface area contributed by atoms with Crippen LogP contribution in [0.25, 0.3) is 0 Å². The van der Waals surface area contributed by atoms with Crippen LogP contribution in [0.5, 0.6) is 0 Å². The number of amides is 2. The number of carbonyl (C=O) groups excluding carboxylic acids is 2. The molecule has 0 radical (unpaired) electrons. The van der Waals surface area contributed by atoms with Gasteiger partial charge in [-0.3, -0.25) is 15.4 Å². The molecule has 2 amide bonds. The Morgan fingerprint density at radius 1 is 1.20 bits per heavy atom. The van der Waals surface area contributed by atoms with Gasteiger partial charge >= 0.3 is 0 Å². The van der Waals surface area contributed by atoms with Crippen molar-refractivity contribution in [3.05, 3.63) is 0 Å². The lowest BCUT2D eigenvalue weighted by atomic mass is 10.1. The first-order valence-corrected chi connectivity index (χ1v) is 4.69. The molecule has 0 fully saturated rings. The normalized spacial score (nSPS) is 11.6. The van der Waals surface area contributed by atoms with Crippen LogP contribution in [0.1, 0.15) is 20.8 Å². The van der Waals surface area contributed by atoms with Crippen LogP contribution >= 0.6 is 0 Å². The summed E-state index contributed by atoms with van der Waals surface area (Å²) in [7, 11) is 1.52. The molecular formula is C9H20N4O2. The highest BCUT2D eigenvalue weighted by atomic mass is 16.2. The minimum Gasteiger partial charge on any atom is -0.368 e. The predicted octanol–water partition coefficient (Wildman–Crippen LogP) is -1.10. The smallest absolute Gasteiger partial charge is 0.238 e. The van der Waals surface area contributed by atoms with Gasteiger partial charge in [-0.15, -0.1) is 0 Å². The molecule has 0 bridgehead atoms. The van der Waals surface area contributed by atoms with Crippen molar-refractivity contribution in [1.82, 2.24) is 9.91 Å². The second kappa shape index (κ2) is 5.09. The lowest BCUT2D eigenvalue weighted by Gasteiger charge is -2.31. The van der Waals surface area contributed by atoms with E-state index in [2.05, 4.69) is 0 Å². The summed E-state index contributed by atoms with van der Waals surface area (Å²) in [6, 6.07) is 0. The topological polar surface area (TPSA) is 92.7 Å². The Balaban J connectivity index is 4.19. The van der Waals surface area contributed by atoms with Crippen LogP contribution in [0.3, 0.4) is 0 Å². The maximum absolute atomic E-state index is 11.5. The van der Waals surface area contributed by atoms with E-state index in [1.165, 1.54) is 17.0 Å². The summed E-state index contributed by atoms with van der Waals surface area (Å²) in [5.41, 5.74) is 4.68. The molecule has 0 aliphatic carbocycles. The number of primary amides is 1. The fourth-order valence-electron chi connectivity index (χ4n) is 0.826. The first-order valence-electron chi connectivity index (χ1n) is 4.69. The maximum atomic E-state index is 11.5. The van der Waals surface area contributed by atoms with Gasteiger partial charge in [0, 0.05) is 12.6 Å². The van der Waals surface area contributed by atoms with Gasteiger partial charge in [0.1, 0.15) is 0 Å². The molecule has 0 heterocycles. The molecule has 0 aromatic heterocycles. The number of rotatable bonds is 4. The summed E-state index contributed by atoms with van der Waals surface area (Å²) in [5.74, 6) is 4.92. The highest BCUT2D eigenvalue weighted by molar-refractivity contribution is 5.84. The fraction of sp³-hybridized carbons (Fsp3) is 0.778. The van der Waals surface area contributed by atoms with Crippen molar-refractivity contribution in [2.75, 3.05) is 20.1 Å². The van der Waals surface area contributed by atoms with Crippen molar-refractivity contribution in [2.24, 2.45) is 11.6 Å². The van der Waals surface area contributed by atoms with Gasteiger partial charge in [0.25, 0.3) is 0 Å². The minimum absolute atomic E-state index is 0.0628. The number of likely N-dealkylation sites (N-methyl/N-ethyl adjacent to an activating group) is 1. The Hall–Kier alpha value is -1.14. The quantitative estimate of drug-likeness (QED) is 0.461. The van der Waals surface area contributed by atoms with Crippen LogP contribution in [0, 0.1) is 0 Å². The van der Waals surface area contributed by atoms with Crippen LogP contribution in [0.15, 0.2) is 0 Å². The van der Waals surface area contributed by atoms with E-state index in [1.807, 2.05) is 20.8 Å². The molecule has 0 aliphatic rings. The fourth-order valence-corrected chi connectivity index (χ4v) is 0.826. The predicted molar refractivity (Wildman–Crippen MR) is 57.5 cm³/mol. The van der Waals surface area contributed by atoms with Gasteiger partial charge in [-0.25, -0.2) is 5.01 Å². The molecule has 0 rings (SSSR count). The van der Waals surface area contributed by atoms with E-state index >= 15 is 0 Å². The van der Waals surface area contributed by atoms with Crippen molar-refractivity contribution in [2.45, 2.75) is 26.3 Å². The highest BCUT2D eigenvalue weighted by Crippen LogP contribution is 2.07. The molecule has 88 valence electrons. The molecule has 6 heteroatoms. The van der Waals surface area contributed by atoms with Crippen LogP contribution in [0.2, 0.25) is 0 Å². The number of nitrogens with zero attached hydrogens (tertiary/aromatic N) is 2. The molecule has 0 aromatic rings. The summed E-state index contributed by atoms with van der Waals surface area (Å²) < 4.78 is 0. The molecule has 0 unspecified atom stereocenters. The van der Waals surface area contributed by atoms with Gasteiger partial charge in [-0.1, -0.05) is 0 Å². The van der Waals surface area contributed by atoms with Gasteiger partial charge in [-0.2, -0.15) is 0 Å². The second-order valence-corrected chi connectivity index (χ2v) is 4.51. The number of hydrazine groups is 1. The number of hydrogen-bond acceptors (Lipinski definition) is 4. The Morgan fingerprint density at radius 2 is 1.67 bits per heavy atom. The van der Waals surface area contributed by atoms with Gasteiger partial charge in [-0.05, 0) is 20.8 Å². The van der Waals surface area contributed by atoms with E-state index in [9.17, 15) is 9.59 Å². The summed E-state index contributed by atoms with van der Waals surface area (Å²) in [6.07, 6.45) is 0. The number of nitrogens with two attached hydrogens (primary N) is 2. The lowest BCUT2D eigenvalue weighted by molar-refractivity contribution is -0.135. The van der Waals surface area contributed by atoms with Crippen molar-refractivity contribution in [3.63, 3.8) is 0 Å². The van der Waals surface area contributed by atoms with Crippen molar-refractivity contribution in [3.8, 4) is 0 Å². The zero-order chi connectivity index (χ0) is 12.2. The zero-order valence-corrected chi connectivity index (χ0v) is 9.78. The van der Waals surface area contributed by atoms with E-state index in [0.717, 1.165) is 0 Å². The van der Waals surface area contributed by atoms with Crippen molar-refractivity contribution >= 4 is 11.8 Å². The summed E-state index contributed by atoms with van der Waals surface area (Å²) >= 11 is 0. The van der Waals surface area contributed by atoms with E-state index in [1.54, 1.807) is 0 Å². The van der Waals surface area contributed by atoms with E-state index in [0.29, 0.717) is 0 Å². The second-order valence-electron chi connectivity index (χ2n) is 4.51.